The zero-order valence-corrected chi connectivity index (χ0v) is 11.7. The Bertz CT molecular complexity index is 576. The van der Waals surface area contributed by atoms with Crippen LogP contribution in [0.1, 0.15) is 44.0 Å². The molecule has 0 fully saturated rings. The number of benzene rings is 1. The van der Waals surface area contributed by atoms with Crippen LogP contribution in [0.2, 0.25) is 0 Å². The molecule has 0 bridgehead atoms. The van der Waals surface area contributed by atoms with Gasteiger partial charge < -0.3 is 5.32 Å². The highest BCUT2D eigenvalue weighted by Crippen LogP contribution is 2.13. The molecule has 1 aromatic carbocycles. The Morgan fingerprint density at radius 3 is 2.89 bits per heavy atom. The maximum Gasteiger partial charge on any atom is 0.251 e. The first-order chi connectivity index (χ1) is 9.15. The van der Waals surface area contributed by atoms with Crippen LogP contribution >= 0.6 is 0 Å². The molecule has 0 aliphatic rings. The lowest BCUT2D eigenvalue weighted by molar-refractivity contribution is 0.0938. The van der Waals surface area contributed by atoms with Gasteiger partial charge in [-0.1, -0.05) is 18.6 Å². The Balaban J connectivity index is 2.19. The molecule has 1 amide bonds. The number of rotatable bonds is 5. The summed E-state index contributed by atoms with van der Waals surface area (Å²) < 4.78 is 1.82. The number of amides is 1. The van der Waals surface area contributed by atoms with Gasteiger partial charge in [-0.25, -0.2) is 4.68 Å². The maximum atomic E-state index is 12.1. The van der Waals surface area contributed by atoms with Gasteiger partial charge in [0.1, 0.15) is 5.52 Å². The largest absolute Gasteiger partial charge is 0.350 e. The van der Waals surface area contributed by atoms with Gasteiger partial charge in [-0.15, -0.1) is 5.10 Å². The topological polar surface area (TPSA) is 59.8 Å². The van der Waals surface area contributed by atoms with E-state index in [0.29, 0.717) is 5.56 Å². The van der Waals surface area contributed by atoms with E-state index in [1.807, 2.05) is 30.7 Å². The number of aryl methyl sites for hydroxylation is 1. The smallest absolute Gasteiger partial charge is 0.251 e. The van der Waals surface area contributed by atoms with Gasteiger partial charge in [0.05, 0.1) is 5.52 Å². The summed E-state index contributed by atoms with van der Waals surface area (Å²) in [6, 6.07) is 5.71. The first kappa shape index (κ1) is 13.5. The third kappa shape index (κ3) is 2.92. The highest BCUT2D eigenvalue weighted by atomic mass is 16.1. The summed E-state index contributed by atoms with van der Waals surface area (Å²) in [7, 11) is 0. The molecule has 1 N–H and O–H groups in total. The van der Waals surface area contributed by atoms with Crippen molar-refractivity contribution in [2.45, 2.75) is 46.2 Å². The standard InChI is InChI=1S/C14H20N4O/c1-4-6-10(3)15-14(19)11-7-8-13-12(9-11)16-17-18(13)5-2/h7-10H,4-6H2,1-3H3,(H,15,19)/t10-/m1/s1. The lowest BCUT2D eigenvalue weighted by Crippen LogP contribution is -2.32. The van der Waals surface area contributed by atoms with Crippen molar-refractivity contribution in [3.8, 4) is 0 Å². The zero-order chi connectivity index (χ0) is 13.8. The zero-order valence-electron chi connectivity index (χ0n) is 11.7. The summed E-state index contributed by atoms with van der Waals surface area (Å²) in [4.78, 5) is 12.1. The van der Waals surface area contributed by atoms with E-state index in [-0.39, 0.29) is 11.9 Å². The third-order valence-electron chi connectivity index (χ3n) is 3.17. The fourth-order valence-electron chi connectivity index (χ4n) is 2.16. The number of carbonyl (C=O) groups is 1. The average molecular weight is 260 g/mol. The van der Waals surface area contributed by atoms with Gasteiger partial charge >= 0.3 is 0 Å². The highest BCUT2D eigenvalue weighted by Gasteiger charge is 2.11. The monoisotopic (exact) mass is 260 g/mol. The molecule has 1 heterocycles. The summed E-state index contributed by atoms with van der Waals surface area (Å²) in [6.45, 7) is 6.92. The number of fused-ring (bicyclic) bond motifs is 1. The SMILES string of the molecule is CCC[C@@H](C)NC(=O)c1ccc2c(c1)nnn2CC. The van der Waals surface area contributed by atoms with Gasteiger partial charge in [0.2, 0.25) is 0 Å². The van der Waals surface area contributed by atoms with E-state index >= 15 is 0 Å². The molecule has 0 aliphatic heterocycles. The molecule has 19 heavy (non-hydrogen) atoms. The molecule has 0 spiro atoms. The lowest BCUT2D eigenvalue weighted by Gasteiger charge is -2.12. The van der Waals surface area contributed by atoms with E-state index < -0.39 is 0 Å². The van der Waals surface area contributed by atoms with Gasteiger partial charge in [-0.2, -0.15) is 0 Å². The number of nitrogens with one attached hydrogen (secondary N) is 1. The molecule has 1 aromatic heterocycles. The van der Waals surface area contributed by atoms with Gasteiger partial charge in [-0.3, -0.25) is 4.79 Å². The van der Waals surface area contributed by atoms with Crippen LogP contribution < -0.4 is 5.32 Å². The van der Waals surface area contributed by atoms with E-state index in [0.717, 1.165) is 30.4 Å². The Morgan fingerprint density at radius 1 is 1.42 bits per heavy atom. The van der Waals surface area contributed by atoms with Crippen LogP contribution in [0, 0.1) is 0 Å². The number of hydrogen-bond acceptors (Lipinski definition) is 3. The predicted molar refractivity (Wildman–Crippen MR) is 75.0 cm³/mol. The average Bonchev–Trinajstić information content (AvgIpc) is 2.80. The molecule has 0 unspecified atom stereocenters. The van der Waals surface area contributed by atoms with Gasteiger partial charge in [0.25, 0.3) is 5.91 Å². The molecule has 0 saturated carbocycles. The van der Waals surface area contributed by atoms with E-state index in [2.05, 4.69) is 22.6 Å². The lowest BCUT2D eigenvalue weighted by atomic mass is 10.1. The second kappa shape index (κ2) is 5.82. The van der Waals surface area contributed by atoms with E-state index in [9.17, 15) is 4.79 Å². The Hall–Kier alpha value is -1.91. The molecule has 2 aromatic rings. The molecule has 1 atom stereocenters. The molecule has 5 heteroatoms. The second-order valence-corrected chi connectivity index (χ2v) is 4.77. The second-order valence-electron chi connectivity index (χ2n) is 4.77. The van der Waals surface area contributed by atoms with Crippen LogP contribution in [0.5, 0.6) is 0 Å². The molecular formula is C14H20N4O. The van der Waals surface area contributed by atoms with E-state index in [4.69, 9.17) is 0 Å². The number of aromatic nitrogens is 3. The molecule has 0 aliphatic carbocycles. The Morgan fingerprint density at radius 2 is 2.21 bits per heavy atom. The molecular weight excluding hydrogens is 240 g/mol. The van der Waals surface area contributed by atoms with Crippen molar-refractivity contribution >= 4 is 16.9 Å². The Labute approximate surface area is 113 Å². The van der Waals surface area contributed by atoms with Crippen LogP contribution in [0.25, 0.3) is 11.0 Å². The minimum absolute atomic E-state index is 0.0473. The summed E-state index contributed by atoms with van der Waals surface area (Å²) in [5.74, 6) is -0.0473. The van der Waals surface area contributed by atoms with Crippen molar-refractivity contribution in [2.24, 2.45) is 0 Å². The van der Waals surface area contributed by atoms with E-state index in [1.54, 1.807) is 6.07 Å². The van der Waals surface area contributed by atoms with Crippen LogP contribution in [-0.2, 0) is 6.54 Å². The van der Waals surface area contributed by atoms with Crippen LogP contribution in [0.3, 0.4) is 0 Å². The number of carbonyl (C=O) groups excluding carboxylic acids is 1. The van der Waals surface area contributed by atoms with Crippen molar-refractivity contribution in [3.63, 3.8) is 0 Å². The summed E-state index contributed by atoms with van der Waals surface area (Å²) in [5, 5.41) is 11.1. The summed E-state index contributed by atoms with van der Waals surface area (Å²) >= 11 is 0. The van der Waals surface area contributed by atoms with Crippen LogP contribution in [-0.4, -0.2) is 26.9 Å². The van der Waals surface area contributed by atoms with Crippen LogP contribution in [0.4, 0.5) is 0 Å². The fourth-order valence-corrected chi connectivity index (χ4v) is 2.16. The summed E-state index contributed by atoms with van der Waals surface area (Å²) in [5.41, 5.74) is 2.36. The summed E-state index contributed by atoms with van der Waals surface area (Å²) in [6.07, 6.45) is 2.05. The normalized spacial score (nSPS) is 12.6. The van der Waals surface area contributed by atoms with E-state index in [1.165, 1.54) is 0 Å². The maximum absolute atomic E-state index is 12.1. The number of hydrogen-bond donors (Lipinski definition) is 1. The quantitative estimate of drug-likeness (QED) is 0.897. The van der Waals surface area contributed by atoms with Crippen molar-refractivity contribution in [3.05, 3.63) is 23.8 Å². The van der Waals surface area contributed by atoms with Crippen LogP contribution in [0.15, 0.2) is 18.2 Å². The molecule has 2 rings (SSSR count). The number of nitrogens with zero attached hydrogens (tertiary/aromatic N) is 3. The fraction of sp³-hybridized carbons (Fsp3) is 0.500. The first-order valence-corrected chi connectivity index (χ1v) is 6.79. The van der Waals surface area contributed by atoms with Crippen molar-refractivity contribution in [2.75, 3.05) is 0 Å². The Kier molecular flexibility index (Phi) is 4.14. The van der Waals surface area contributed by atoms with Gasteiger partial charge in [0.15, 0.2) is 0 Å². The van der Waals surface area contributed by atoms with Gasteiger partial charge in [0, 0.05) is 18.2 Å². The van der Waals surface area contributed by atoms with Gasteiger partial charge in [-0.05, 0) is 38.5 Å². The predicted octanol–water partition coefficient (Wildman–Crippen LogP) is 2.37. The first-order valence-electron chi connectivity index (χ1n) is 6.79. The van der Waals surface area contributed by atoms with Crippen molar-refractivity contribution in [1.29, 1.82) is 0 Å². The molecule has 0 saturated heterocycles. The molecule has 0 radical (unpaired) electrons. The minimum atomic E-state index is -0.0473. The van der Waals surface area contributed by atoms with Crippen molar-refractivity contribution in [1.82, 2.24) is 20.3 Å². The molecule has 102 valence electrons. The molecule has 5 nitrogen and oxygen atoms in total. The minimum Gasteiger partial charge on any atom is -0.350 e. The van der Waals surface area contributed by atoms with Crippen molar-refractivity contribution < 1.29 is 4.79 Å². The third-order valence-corrected chi connectivity index (χ3v) is 3.17. The highest BCUT2D eigenvalue weighted by molar-refractivity contribution is 5.97.